The lowest BCUT2D eigenvalue weighted by atomic mass is 10.0. The number of hydrogen-bond donors (Lipinski definition) is 2. The third-order valence-electron chi connectivity index (χ3n) is 4.83. The molecule has 0 saturated carbocycles. The van der Waals surface area contributed by atoms with Crippen molar-refractivity contribution >= 4 is 5.97 Å². The number of benzene rings is 2. The molecule has 152 valence electrons. The molecule has 0 amide bonds. The molecule has 2 N–H and O–H groups in total. The lowest BCUT2D eigenvalue weighted by Gasteiger charge is -2.10. The topological polar surface area (TPSA) is 80.9 Å². The highest BCUT2D eigenvalue weighted by Gasteiger charge is 2.14. The first-order valence-corrected chi connectivity index (χ1v) is 9.37. The fourth-order valence-corrected chi connectivity index (χ4v) is 3.23. The zero-order valence-electron chi connectivity index (χ0n) is 16.8. The van der Waals surface area contributed by atoms with Crippen molar-refractivity contribution in [3.63, 3.8) is 0 Å². The second kappa shape index (κ2) is 9.30. The monoisotopic (exact) mass is 395 g/mol. The van der Waals surface area contributed by atoms with Crippen LogP contribution in [0.5, 0.6) is 11.5 Å². The van der Waals surface area contributed by atoms with E-state index >= 15 is 0 Å². The van der Waals surface area contributed by atoms with Gasteiger partial charge in [0.25, 0.3) is 0 Å². The van der Waals surface area contributed by atoms with Gasteiger partial charge in [0.2, 0.25) is 0 Å². The number of nitrogens with one attached hydrogen (secondary N) is 1. The van der Waals surface area contributed by atoms with Gasteiger partial charge in [0.15, 0.2) is 11.5 Å². The molecule has 0 radical (unpaired) electrons. The Morgan fingerprint density at radius 1 is 1.07 bits per heavy atom. The van der Waals surface area contributed by atoms with Gasteiger partial charge < -0.3 is 24.3 Å². The first kappa shape index (κ1) is 20.5. The van der Waals surface area contributed by atoms with E-state index < -0.39 is 5.97 Å². The van der Waals surface area contributed by atoms with Crippen LogP contribution in [0.25, 0.3) is 11.3 Å². The second-order valence-electron chi connectivity index (χ2n) is 6.67. The smallest absolute Gasteiger partial charge is 0.335 e. The molecule has 0 saturated heterocycles. The van der Waals surface area contributed by atoms with Crippen molar-refractivity contribution in [3.8, 4) is 22.8 Å². The quantitative estimate of drug-likeness (QED) is 0.526. The van der Waals surface area contributed by atoms with Crippen LogP contribution in [0.15, 0.2) is 52.9 Å². The Bertz CT molecular complexity index is 993. The largest absolute Gasteiger partial charge is 0.493 e. The number of rotatable bonds is 9. The fraction of sp³-hybridized carbons (Fsp3) is 0.261. The van der Waals surface area contributed by atoms with Crippen molar-refractivity contribution in [2.75, 3.05) is 20.8 Å². The van der Waals surface area contributed by atoms with Crippen LogP contribution in [0.2, 0.25) is 0 Å². The third-order valence-corrected chi connectivity index (χ3v) is 4.83. The molecule has 1 aromatic heterocycles. The molecule has 6 nitrogen and oxygen atoms in total. The fourth-order valence-electron chi connectivity index (χ4n) is 3.23. The Morgan fingerprint density at radius 2 is 1.86 bits per heavy atom. The number of hydrogen-bond acceptors (Lipinski definition) is 5. The summed E-state index contributed by atoms with van der Waals surface area (Å²) in [6.07, 6.45) is 0.841. The van der Waals surface area contributed by atoms with Gasteiger partial charge in [-0.3, -0.25) is 0 Å². The van der Waals surface area contributed by atoms with Gasteiger partial charge in [-0.1, -0.05) is 18.2 Å². The predicted molar refractivity (Wildman–Crippen MR) is 111 cm³/mol. The molecule has 3 aromatic rings. The summed E-state index contributed by atoms with van der Waals surface area (Å²) < 4.78 is 16.5. The molecule has 0 aliphatic rings. The minimum Gasteiger partial charge on any atom is -0.493 e. The average Bonchev–Trinajstić information content (AvgIpc) is 3.19. The lowest BCUT2D eigenvalue weighted by Crippen LogP contribution is -2.16. The molecular weight excluding hydrogens is 370 g/mol. The number of methoxy groups -OCH3 is 2. The van der Waals surface area contributed by atoms with Gasteiger partial charge in [-0.2, -0.15) is 0 Å². The third kappa shape index (κ3) is 4.78. The zero-order chi connectivity index (χ0) is 20.8. The summed E-state index contributed by atoms with van der Waals surface area (Å²) in [6.45, 7) is 3.16. The van der Waals surface area contributed by atoms with E-state index in [0.717, 1.165) is 41.4 Å². The number of aromatic carboxylic acids is 1. The summed E-state index contributed by atoms with van der Waals surface area (Å²) in [5.74, 6) is 1.97. The number of ether oxygens (including phenoxy) is 2. The van der Waals surface area contributed by atoms with Crippen molar-refractivity contribution in [3.05, 3.63) is 71.0 Å². The molecule has 1 heterocycles. The molecule has 29 heavy (non-hydrogen) atoms. The Balaban J connectivity index is 1.58. The zero-order valence-corrected chi connectivity index (χ0v) is 16.8. The van der Waals surface area contributed by atoms with Crippen LogP contribution in [-0.2, 0) is 13.0 Å². The summed E-state index contributed by atoms with van der Waals surface area (Å²) in [4.78, 5) is 11.3. The van der Waals surface area contributed by atoms with E-state index in [2.05, 4.69) is 5.32 Å². The van der Waals surface area contributed by atoms with E-state index in [4.69, 9.17) is 13.9 Å². The van der Waals surface area contributed by atoms with E-state index in [1.54, 1.807) is 33.3 Å². The van der Waals surface area contributed by atoms with E-state index in [0.29, 0.717) is 17.9 Å². The summed E-state index contributed by atoms with van der Waals surface area (Å²) in [7, 11) is 3.25. The van der Waals surface area contributed by atoms with E-state index in [1.165, 1.54) is 0 Å². The maximum Gasteiger partial charge on any atom is 0.335 e. The van der Waals surface area contributed by atoms with Gasteiger partial charge in [-0.25, -0.2) is 4.79 Å². The van der Waals surface area contributed by atoms with Gasteiger partial charge in [-0.05, 0) is 61.3 Å². The molecule has 3 rings (SSSR count). The summed E-state index contributed by atoms with van der Waals surface area (Å²) >= 11 is 0. The molecule has 0 bridgehead atoms. The molecule has 0 atom stereocenters. The van der Waals surface area contributed by atoms with Crippen molar-refractivity contribution in [2.24, 2.45) is 0 Å². The van der Waals surface area contributed by atoms with Crippen molar-refractivity contribution < 1.29 is 23.8 Å². The highest BCUT2D eigenvalue weighted by atomic mass is 16.5. The van der Waals surface area contributed by atoms with E-state index in [1.807, 2.05) is 36.4 Å². The average molecular weight is 395 g/mol. The second-order valence-corrected chi connectivity index (χ2v) is 6.67. The molecule has 2 aromatic carbocycles. The molecule has 0 fully saturated rings. The maximum absolute atomic E-state index is 11.3. The Hall–Kier alpha value is -3.25. The minimum atomic E-state index is -0.937. The molecule has 0 unspecified atom stereocenters. The van der Waals surface area contributed by atoms with Gasteiger partial charge >= 0.3 is 5.97 Å². The van der Waals surface area contributed by atoms with Gasteiger partial charge in [0, 0.05) is 5.56 Å². The van der Waals surface area contributed by atoms with Gasteiger partial charge in [0.1, 0.15) is 11.5 Å². The van der Waals surface area contributed by atoms with Crippen LogP contribution in [0.4, 0.5) is 0 Å². The van der Waals surface area contributed by atoms with Crippen LogP contribution in [0, 0.1) is 6.92 Å². The Kier molecular flexibility index (Phi) is 6.57. The van der Waals surface area contributed by atoms with Crippen LogP contribution >= 0.6 is 0 Å². The summed E-state index contributed by atoms with van der Waals surface area (Å²) in [5, 5.41) is 12.7. The van der Waals surface area contributed by atoms with Gasteiger partial charge in [0.05, 0.1) is 26.3 Å². The van der Waals surface area contributed by atoms with Crippen LogP contribution in [-0.4, -0.2) is 31.8 Å². The first-order valence-electron chi connectivity index (χ1n) is 9.37. The summed E-state index contributed by atoms with van der Waals surface area (Å²) in [5.41, 5.74) is 2.92. The highest BCUT2D eigenvalue weighted by Crippen LogP contribution is 2.28. The predicted octanol–water partition coefficient (Wildman–Crippen LogP) is 4.30. The van der Waals surface area contributed by atoms with Crippen LogP contribution < -0.4 is 14.8 Å². The number of carboxylic acids is 1. The standard InChI is InChI=1S/C23H25NO5/c1-15-18(5-4-6-19(15)23(25)26)20-10-8-17(29-20)14-24-12-11-16-7-9-21(27-2)22(13-16)28-3/h4-10,13,24H,11-12,14H2,1-3H3,(H,25,26). The molecule has 6 heteroatoms. The van der Waals surface area contributed by atoms with Crippen molar-refractivity contribution in [1.29, 1.82) is 0 Å². The Labute approximate surface area is 170 Å². The number of carbonyl (C=O) groups is 1. The summed E-state index contributed by atoms with van der Waals surface area (Å²) in [6, 6.07) is 14.9. The normalized spacial score (nSPS) is 10.7. The highest BCUT2D eigenvalue weighted by molar-refractivity contribution is 5.91. The molecule has 0 spiro atoms. The van der Waals surface area contributed by atoms with Crippen molar-refractivity contribution in [2.45, 2.75) is 19.9 Å². The first-order chi connectivity index (χ1) is 14.0. The molecule has 0 aliphatic heterocycles. The maximum atomic E-state index is 11.3. The Morgan fingerprint density at radius 3 is 2.59 bits per heavy atom. The molecule has 0 aliphatic carbocycles. The minimum absolute atomic E-state index is 0.286. The van der Waals surface area contributed by atoms with Crippen LogP contribution in [0.1, 0.15) is 27.2 Å². The van der Waals surface area contributed by atoms with Crippen molar-refractivity contribution in [1.82, 2.24) is 5.32 Å². The SMILES string of the molecule is COc1ccc(CCNCc2ccc(-c3cccc(C(=O)O)c3C)o2)cc1OC. The lowest BCUT2D eigenvalue weighted by molar-refractivity contribution is 0.0696. The van der Waals surface area contributed by atoms with Crippen LogP contribution in [0.3, 0.4) is 0 Å². The number of furan rings is 1. The number of carboxylic acid groups (broad SMARTS) is 1. The van der Waals surface area contributed by atoms with E-state index in [9.17, 15) is 9.90 Å². The van der Waals surface area contributed by atoms with E-state index in [-0.39, 0.29) is 5.56 Å². The van der Waals surface area contributed by atoms with Gasteiger partial charge in [-0.15, -0.1) is 0 Å². The molecular formula is C23H25NO5.